The van der Waals surface area contributed by atoms with Gasteiger partial charge < -0.3 is 4.74 Å². The van der Waals surface area contributed by atoms with E-state index >= 15 is 0 Å². The number of ether oxygens (including phenoxy) is 1. The van der Waals surface area contributed by atoms with Crippen molar-refractivity contribution in [2.75, 3.05) is 0 Å². The monoisotopic (exact) mass is 333 g/mol. The Hall–Kier alpha value is -3.48. The van der Waals surface area contributed by atoms with Crippen LogP contribution >= 0.6 is 0 Å². The molecular formula is C18H15N5O2. The van der Waals surface area contributed by atoms with Gasteiger partial charge in [0.1, 0.15) is 6.61 Å². The van der Waals surface area contributed by atoms with Gasteiger partial charge in [0.15, 0.2) is 11.0 Å². The van der Waals surface area contributed by atoms with Crippen LogP contribution in [-0.2, 0) is 13.2 Å². The maximum atomic E-state index is 12.6. The van der Waals surface area contributed by atoms with E-state index in [0.717, 1.165) is 11.1 Å². The van der Waals surface area contributed by atoms with Gasteiger partial charge in [0, 0.05) is 0 Å². The number of nitrogens with zero attached hydrogens (tertiary/aromatic N) is 4. The molecule has 4 rings (SSSR count). The van der Waals surface area contributed by atoms with Gasteiger partial charge in [0.2, 0.25) is 0 Å². The van der Waals surface area contributed by atoms with Crippen molar-refractivity contribution in [3.8, 4) is 5.88 Å². The Labute approximate surface area is 142 Å². The first-order valence-electron chi connectivity index (χ1n) is 7.84. The molecule has 25 heavy (non-hydrogen) atoms. The fraction of sp³-hybridized carbons (Fsp3) is 0.111. The number of rotatable bonds is 5. The van der Waals surface area contributed by atoms with Crippen molar-refractivity contribution in [3.63, 3.8) is 0 Å². The molecule has 0 fully saturated rings. The van der Waals surface area contributed by atoms with E-state index in [9.17, 15) is 4.79 Å². The van der Waals surface area contributed by atoms with E-state index in [1.54, 1.807) is 0 Å². The van der Waals surface area contributed by atoms with E-state index in [-0.39, 0.29) is 17.0 Å². The summed E-state index contributed by atoms with van der Waals surface area (Å²) in [5, 5.41) is 14.9. The van der Waals surface area contributed by atoms with Crippen LogP contribution < -0.4 is 10.3 Å². The van der Waals surface area contributed by atoms with Crippen LogP contribution in [0.1, 0.15) is 11.1 Å². The third-order valence-corrected chi connectivity index (χ3v) is 3.80. The van der Waals surface area contributed by atoms with Crippen molar-refractivity contribution in [2.24, 2.45) is 0 Å². The predicted octanol–water partition coefficient (Wildman–Crippen LogP) is 2.14. The van der Waals surface area contributed by atoms with E-state index in [0.29, 0.717) is 18.7 Å². The summed E-state index contributed by atoms with van der Waals surface area (Å²) in [4.78, 5) is 12.6. The third kappa shape index (κ3) is 3.12. The van der Waals surface area contributed by atoms with Gasteiger partial charge in [-0.2, -0.15) is 0 Å². The highest BCUT2D eigenvalue weighted by Gasteiger charge is 2.14. The standard InChI is InChI=1S/C18H15N5O2/c24-18-16-15(20-22-23(18)11-13-7-3-1-4-8-13)17(21-19-16)25-12-14-9-5-2-6-10-14/h1-10H,11-12H2,(H,19,21). The van der Waals surface area contributed by atoms with Crippen LogP contribution in [0.5, 0.6) is 5.88 Å². The predicted molar refractivity (Wildman–Crippen MR) is 92.3 cm³/mol. The Morgan fingerprint density at radius 3 is 2.36 bits per heavy atom. The highest BCUT2D eigenvalue weighted by atomic mass is 16.5. The maximum absolute atomic E-state index is 12.6. The Kier molecular flexibility index (Phi) is 3.96. The second-order valence-electron chi connectivity index (χ2n) is 5.56. The molecule has 0 unspecified atom stereocenters. The lowest BCUT2D eigenvalue weighted by Gasteiger charge is -2.04. The van der Waals surface area contributed by atoms with Crippen LogP contribution in [0.25, 0.3) is 11.0 Å². The number of H-pyrrole nitrogens is 1. The van der Waals surface area contributed by atoms with E-state index in [1.165, 1.54) is 4.68 Å². The summed E-state index contributed by atoms with van der Waals surface area (Å²) in [6.45, 7) is 0.692. The van der Waals surface area contributed by atoms with Crippen molar-refractivity contribution < 1.29 is 4.74 Å². The minimum Gasteiger partial charge on any atom is -0.470 e. The number of fused-ring (bicyclic) bond motifs is 1. The molecule has 0 radical (unpaired) electrons. The summed E-state index contributed by atoms with van der Waals surface area (Å²) < 4.78 is 6.97. The molecule has 0 aliphatic heterocycles. The minimum atomic E-state index is -0.282. The van der Waals surface area contributed by atoms with Crippen molar-refractivity contribution in [1.82, 2.24) is 25.2 Å². The van der Waals surface area contributed by atoms with Gasteiger partial charge in [-0.3, -0.25) is 9.89 Å². The number of aromatic amines is 1. The lowest BCUT2D eigenvalue weighted by atomic mass is 10.2. The van der Waals surface area contributed by atoms with Gasteiger partial charge >= 0.3 is 0 Å². The Morgan fingerprint density at radius 1 is 0.960 bits per heavy atom. The molecule has 2 aromatic heterocycles. The number of aromatic nitrogens is 5. The molecule has 0 aliphatic carbocycles. The molecule has 7 heteroatoms. The van der Waals surface area contributed by atoms with E-state index < -0.39 is 0 Å². The van der Waals surface area contributed by atoms with E-state index in [1.807, 2.05) is 60.7 Å². The summed E-state index contributed by atoms with van der Waals surface area (Å²) in [6, 6.07) is 19.3. The van der Waals surface area contributed by atoms with Crippen LogP contribution in [-0.4, -0.2) is 25.2 Å². The Morgan fingerprint density at radius 2 is 1.64 bits per heavy atom. The van der Waals surface area contributed by atoms with E-state index in [2.05, 4.69) is 20.5 Å². The highest BCUT2D eigenvalue weighted by Crippen LogP contribution is 2.17. The molecular weight excluding hydrogens is 318 g/mol. The summed E-state index contributed by atoms with van der Waals surface area (Å²) >= 11 is 0. The van der Waals surface area contributed by atoms with Gasteiger partial charge in [0.05, 0.1) is 6.54 Å². The number of nitrogens with one attached hydrogen (secondary N) is 1. The zero-order chi connectivity index (χ0) is 17.1. The SMILES string of the molecule is O=c1c2[nH]nc(OCc3ccccc3)c2nnn1Cc1ccccc1. The second-order valence-corrected chi connectivity index (χ2v) is 5.56. The number of benzene rings is 2. The van der Waals surface area contributed by atoms with Crippen LogP contribution in [0.2, 0.25) is 0 Å². The molecule has 0 aliphatic rings. The molecule has 4 aromatic rings. The summed E-state index contributed by atoms with van der Waals surface area (Å²) in [6.07, 6.45) is 0. The van der Waals surface area contributed by atoms with Gasteiger partial charge in [-0.1, -0.05) is 65.9 Å². The van der Waals surface area contributed by atoms with Crippen molar-refractivity contribution >= 4 is 11.0 Å². The van der Waals surface area contributed by atoms with Gasteiger partial charge in [-0.05, 0) is 11.1 Å². The summed E-state index contributed by atoms with van der Waals surface area (Å²) in [5.41, 5.74) is 2.32. The quantitative estimate of drug-likeness (QED) is 0.605. The third-order valence-electron chi connectivity index (χ3n) is 3.80. The maximum Gasteiger partial charge on any atom is 0.296 e. The molecule has 0 bridgehead atoms. The van der Waals surface area contributed by atoms with Crippen LogP contribution in [0.15, 0.2) is 65.5 Å². The highest BCUT2D eigenvalue weighted by molar-refractivity contribution is 5.77. The topological polar surface area (TPSA) is 85.7 Å². The molecule has 1 N–H and O–H groups in total. The first kappa shape index (κ1) is 15.1. The second kappa shape index (κ2) is 6.56. The fourth-order valence-electron chi connectivity index (χ4n) is 2.52. The Bertz CT molecular complexity index is 1040. The molecule has 0 spiro atoms. The van der Waals surface area contributed by atoms with E-state index in [4.69, 9.17) is 4.74 Å². The molecule has 124 valence electrons. The molecule has 0 atom stereocenters. The van der Waals surface area contributed by atoms with Crippen LogP contribution in [0.4, 0.5) is 0 Å². The average molecular weight is 333 g/mol. The fourth-order valence-corrected chi connectivity index (χ4v) is 2.52. The number of hydrogen-bond acceptors (Lipinski definition) is 5. The first-order valence-corrected chi connectivity index (χ1v) is 7.84. The van der Waals surface area contributed by atoms with Crippen LogP contribution in [0.3, 0.4) is 0 Å². The average Bonchev–Trinajstić information content (AvgIpc) is 3.08. The Balaban J connectivity index is 1.60. The summed E-state index contributed by atoms with van der Waals surface area (Å²) in [7, 11) is 0. The van der Waals surface area contributed by atoms with Crippen molar-refractivity contribution in [3.05, 3.63) is 82.1 Å². The minimum absolute atomic E-state index is 0.273. The normalized spacial score (nSPS) is 10.9. The zero-order valence-electron chi connectivity index (χ0n) is 13.3. The lowest BCUT2D eigenvalue weighted by molar-refractivity contribution is 0.296. The molecule has 0 amide bonds. The largest absolute Gasteiger partial charge is 0.470 e. The molecule has 2 heterocycles. The molecule has 7 nitrogen and oxygen atoms in total. The summed E-state index contributed by atoms with van der Waals surface area (Å²) in [5.74, 6) is 0.273. The number of hydrogen-bond donors (Lipinski definition) is 1. The first-order chi connectivity index (χ1) is 12.3. The van der Waals surface area contributed by atoms with Crippen molar-refractivity contribution in [1.29, 1.82) is 0 Å². The van der Waals surface area contributed by atoms with Crippen molar-refractivity contribution in [2.45, 2.75) is 13.2 Å². The van der Waals surface area contributed by atoms with Gasteiger partial charge in [0.25, 0.3) is 11.4 Å². The lowest BCUT2D eigenvalue weighted by Crippen LogP contribution is -2.24. The molecule has 0 saturated heterocycles. The zero-order valence-corrected chi connectivity index (χ0v) is 13.3. The van der Waals surface area contributed by atoms with Gasteiger partial charge in [-0.25, -0.2) is 4.68 Å². The smallest absolute Gasteiger partial charge is 0.296 e. The molecule has 2 aromatic carbocycles. The molecule has 0 saturated carbocycles. The van der Waals surface area contributed by atoms with Gasteiger partial charge in [-0.15, -0.1) is 10.2 Å². The van der Waals surface area contributed by atoms with Crippen LogP contribution in [0, 0.1) is 0 Å².